The smallest absolute Gasteiger partial charge is 0.343 e. The molecule has 2 aromatic rings. The van der Waals surface area contributed by atoms with E-state index in [1.165, 1.54) is 24.3 Å². The highest BCUT2D eigenvalue weighted by Gasteiger charge is 2.30. The monoisotopic (exact) mass is 495 g/mol. The number of amides is 1. The van der Waals surface area contributed by atoms with Crippen LogP contribution in [-0.2, 0) is 16.0 Å². The third-order valence-corrected chi connectivity index (χ3v) is 5.06. The Hall–Kier alpha value is -5.12. The molecule has 0 unspecified atom stereocenters. The molecule has 2 aromatic carbocycles. The molecule has 0 radical (unpaired) electrons. The standard InChI is InChI=1S/C23H21N5O8/c24-10-12-3-6-16-19(18(12)20(31)28-15(21(32)33)9-17(29)30)35-7-1-2-11-8-13(27-23(25)26)4-5-14(11)22(34)36-16/h3-6,8,15H,1-2,7,9H2,(H,28,31)(H,29,30)(H,32,33)(H4,25,26,27)/t15-/m0/s1. The molecule has 1 amide bonds. The first kappa shape index (κ1) is 25.5. The Kier molecular flexibility index (Phi) is 7.70. The molecule has 1 aliphatic rings. The number of aryl methyl sites for hydroxylation is 1. The molecule has 1 heterocycles. The Morgan fingerprint density at radius 2 is 1.94 bits per heavy atom. The molecule has 7 N–H and O–H groups in total. The number of hydrogen-bond donors (Lipinski definition) is 5. The zero-order chi connectivity index (χ0) is 26.4. The maximum atomic E-state index is 13.0. The number of hydrogen-bond acceptors (Lipinski definition) is 8. The fourth-order valence-corrected chi connectivity index (χ4v) is 3.51. The number of carboxylic acid groups (broad SMARTS) is 2. The summed E-state index contributed by atoms with van der Waals surface area (Å²) in [6.45, 7) is 0.0309. The van der Waals surface area contributed by atoms with E-state index >= 15 is 0 Å². The van der Waals surface area contributed by atoms with Gasteiger partial charge in [-0.3, -0.25) is 9.59 Å². The second kappa shape index (κ2) is 10.9. The lowest BCUT2D eigenvalue weighted by molar-refractivity contribution is -0.145. The van der Waals surface area contributed by atoms with Gasteiger partial charge < -0.3 is 36.5 Å². The molecule has 1 atom stereocenters. The highest BCUT2D eigenvalue weighted by Crippen LogP contribution is 2.36. The first-order valence-electron chi connectivity index (χ1n) is 10.5. The molecule has 0 saturated carbocycles. The van der Waals surface area contributed by atoms with Crippen molar-refractivity contribution in [3.05, 3.63) is 52.6 Å². The van der Waals surface area contributed by atoms with Crippen LogP contribution in [0.1, 0.15) is 44.7 Å². The van der Waals surface area contributed by atoms with Crippen molar-refractivity contribution in [1.82, 2.24) is 5.32 Å². The van der Waals surface area contributed by atoms with Gasteiger partial charge in [0.2, 0.25) is 0 Å². The number of aliphatic imine (C=N–C) groups is 1. The zero-order valence-corrected chi connectivity index (χ0v) is 18.7. The van der Waals surface area contributed by atoms with Gasteiger partial charge in [0.05, 0.1) is 29.8 Å². The van der Waals surface area contributed by atoms with E-state index in [1.54, 1.807) is 12.1 Å². The minimum Gasteiger partial charge on any atom is -0.489 e. The van der Waals surface area contributed by atoms with Crippen LogP contribution in [0, 0.1) is 11.3 Å². The second-order valence-electron chi connectivity index (χ2n) is 7.61. The highest BCUT2D eigenvalue weighted by atomic mass is 16.6. The molecule has 36 heavy (non-hydrogen) atoms. The van der Waals surface area contributed by atoms with Gasteiger partial charge in [-0.25, -0.2) is 14.6 Å². The van der Waals surface area contributed by atoms with Crippen LogP contribution in [0.5, 0.6) is 11.5 Å². The van der Waals surface area contributed by atoms with Crippen molar-refractivity contribution in [2.75, 3.05) is 6.61 Å². The molecule has 0 bridgehead atoms. The van der Waals surface area contributed by atoms with Gasteiger partial charge in [0.1, 0.15) is 17.7 Å². The molecule has 0 aromatic heterocycles. The average Bonchev–Trinajstić information content (AvgIpc) is 2.80. The molecule has 13 heteroatoms. The SMILES string of the molecule is N#Cc1ccc2c(c1C(=O)N[C@@H](CC(=O)O)C(=O)O)OCCCc1cc(N=C(N)N)ccc1C(=O)O2. The first-order valence-corrected chi connectivity index (χ1v) is 10.5. The van der Waals surface area contributed by atoms with E-state index in [-0.39, 0.29) is 40.8 Å². The topological polar surface area (TPSA) is 227 Å². The number of nitriles is 1. The number of nitrogens with zero attached hydrogens (tertiary/aromatic N) is 2. The predicted octanol–water partition coefficient (Wildman–Crippen LogP) is 0.665. The van der Waals surface area contributed by atoms with Crippen molar-refractivity contribution >= 4 is 35.5 Å². The van der Waals surface area contributed by atoms with Gasteiger partial charge >= 0.3 is 17.9 Å². The van der Waals surface area contributed by atoms with Gasteiger partial charge in [-0.2, -0.15) is 5.26 Å². The third kappa shape index (κ3) is 5.86. The van der Waals surface area contributed by atoms with E-state index in [2.05, 4.69) is 10.3 Å². The number of nitrogens with two attached hydrogens (primary N) is 2. The summed E-state index contributed by atoms with van der Waals surface area (Å²) in [7, 11) is 0. The zero-order valence-electron chi connectivity index (χ0n) is 18.7. The third-order valence-electron chi connectivity index (χ3n) is 5.06. The van der Waals surface area contributed by atoms with Crippen LogP contribution in [0.25, 0.3) is 0 Å². The number of carbonyl (C=O) groups is 4. The number of esters is 1. The molecule has 0 spiro atoms. The van der Waals surface area contributed by atoms with Crippen LogP contribution in [0.15, 0.2) is 35.3 Å². The van der Waals surface area contributed by atoms with Crippen LogP contribution in [-0.4, -0.2) is 52.6 Å². The van der Waals surface area contributed by atoms with Crippen LogP contribution in [0.4, 0.5) is 5.69 Å². The van der Waals surface area contributed by atoms with Crippen LogP contribution < -0.4 is 26.3 Å². The van der Waals surface area contributed by atoms with Crippen LogP contribution >= 0.6 is 0 Å². The summed E-state index contributed by atoms with van der Waals surface area (Å²) in [6.07, 6.45) is -0.168. The van der Waals surface area contributed by atoms with E-state index in [9.17, 15) is 29.5 Å². The number of rotatable bonds is 6. The van der Waals surface area contributed by atoms with Crippen molar-refractivity contribution in [2.24, 2.45) is 16.5 Å². The Labute approximate surface area is 203 Å². The largest absolute Gasteiger partial charge is 0.489 e. The number of fused-ring (bicyclic) bond motifs is 2. The number of carboxylic acids is 2. The van der Waals surface area contributed by atoms with Crippen molar-refractivity contribution in [3.63, 3.8) is 0 Å². The van der Waals surface area contributed by atoms with E-state index in [0.29, 0.717) is 24.1 Å². The summed E-state index contributed by atoms with van der Waals surface area (Å²) in [4.78, 5) is 52.3. The van der Waals surface area contributed by atoms with Gasteiger partial charge in [0.25, 0.3) is 5.91 Å². The predicted molar refractivity (Wildman–Crippen MR) is 123 cm³/mol. The number of benzene rings is 2. The van der Waals surface area contributed by atoms with E-state index in [4.69, 9.17) is 26.0 Å². The number of aliphatic carboxylic acids is 2. The quantitative estimate of drug-likeness (QED) is 0.162. The maximum Gasteiger partial charge on any atom is 0.343 e. The molecule has 0 saturated heterocycles. The minimum atomic E-state index is -1.77. The molecule has 1 aliphatic heterocycles. The lowest BCUT2D eigenvalue weighted by atomic mass is 10.0. The lowest BCUT2D eigenvalue weighted by Crippen LogP contribution is -2.42. The van der Waals surface area contributed by atoms with E-state index in [0.717, 1.165) is 0 Å². The number of carbonyl (C=O) groups excluding carboxylic acids is 2. The van der Waals surface area contributed by atoms with Gasteiger partial charge in [-0.15, -0.1) is 0 Å². The Morgan fingerprint density at radius 3 is 2.58 bits per heavy atom. The molecule has 3 rings (SSSR count). The van der Waals surface area contributed by atoms with Crippen molar-refractivity contribution in [2.45, 2.75) is 25.3 Å². The number of guanidine groups is 1. The summed E-state index contributed by atoms with van der Waals surface area (Å²) >= 11 is 0. The summed E-state index contributed by atoms with van der Waals surface area (Å²) < 4.78 is 11.2. The van der Waals surface area contributed by atoms with Gasteiger partial charge in [0.15, 0.2) is 17.5 Å². The second-order valence-corrected chi connectivity index (χ2v) is 7.61. The van der Waals surface area contributed by atoms with Crippen molar-refractivity contribution in [1.29, 1.82) is 5.26 Å². The number of nitrogens with one attached hydrogen (secondary N) is 1. The highest BCUT2D eigenvalue weighted by molar-refractivity contribution is 6.03. The molecule has 13 nitrogen and oxygen atoms in total. The number of ether oxygens (including phenoxy) is 2. The summed E-state index contributed by atoms with van der Waals surface area (Å²) in [6, 6.07) is 7.14. The van der Waals surface area contributed by atoms with E-state index in [1.807, 2.05) is 0 Å². The van der Waals surface area contributed by atoms with Gasteiger partial charge in [-0.1, -0.05) is 0 Å². The lowest BCUT2D eigenvalue weighted by Gasteiger charge is -2.20. The molecular formula is C23H21N5O8. The van der Waals surface area contributed by atoms with Crippen LogP contribution in [0.2, 0.25) is 0 Å². The fourth-order valence-electron chi connectivity index (χ4n) is 3.51. The normalized spacial score (nSPS) is 13.4. The van der Waals surface area contributed by atoms with Crippen molar-refractivity contribution in [3.8, 4) is 17.6 Å². The Morgan fingerprint density at radius 1 is 1.19 bits per heavy atom. The van der Waals surface area contributed by atoms with Crippen LogP contribution in [0.3, 0.4) is 0 Å². The minimum absolute atomic E-state index is 0.0309. The molecule has 0 fully saturated rings. The van der Waals surface area contributed by atoms with Gasteiger partial charge in [-0.05, 0) is 48.7 Å². The fraction of sp³-hybridized carbons (Fsp3) is 0.217. The first-order chi connectivity index (χ1) is 17.1. The Bertz CT molecular complexity index is 1310. The Balaban J connectivity index is 2.03. The van der Waals surface area contributed by atoms with Crippen molar-refractivity contribution < 1.29 is 38.9 Å². The molecule has 186 valence electrons. The van der Waals surface area contributed by atoms with Gasteiger partial charge in [0, 0.05) is 0 Å². The maximum absolute atomic E-state index is 13.0. The summed E-state index contributed by atoms with van der Waals surface area (Å²) in [5.74, 6) is -5.48. The molecule has 0 aliphatic carbocycles. The van der Waals surface area contributed by atoms with E-state index < -0.39 is 36.3 Å². The average molecular weight is 495 g/mol. The summed E-state index contributed by atoms with van der Waals surface area (Å²) in [5, 5.41) is 29.8. The molecular weight excluding hydrogens is 474 g/mol. The summed E-state index contributed by atoms with van der Waals surface area (Å²) in [5.41, 5.74) is 11.5.